The maximum Gasteiger partial charge on any atom is 0.348 e. The Balaban J connectivity index is 2.12. The molecule has 0 saturated heterocycles. The van der Waals surface area contributed by atoms with Gasteiger partial charge >= 0.3 is 5.97 Å². The van der Waals surface area contributed by atoms with Crippen LogP contribution in [0.3, 0.4) is 0 Å². The number of nitrogens with one attached hydrogen (secondary N) is 2. The van der Waals surface area contributed by atoms with Gasteiger partial charge in [-0.15, -0.1) is 5.11 Å². The number of carbonyl (C=O) groups is 1. The summed E-state index contributed by atoms with van der Waals surface area (Å²) in [5, 5.41) is 44.3. The number of hydrogen-bond acceptors (Lipinski definition) is 9. The molecule has 0 radical (unpaired) electrons. The fourth-order valence-corrected chi connectivity index (χ4v) is 3.13. The molecule has 0 aliphatic carbocycles. The topological polar surface area (TPSA) is 149 Å². The number of ether oxygens (including phenoxy) is 1. The molecule has 1 aromatic heterocycles. The average Bonchev–Trinajstić information content (AvgIpc) is 3.24. The standard InChI is InChI=1S/C18H26N8O4/c1-8-30-17(27)11-10(4)21-25(28)15(11)20-19-12-13(18(5,6)7)22-24-14(9(2)3)23-26(29)16(12)24/h9,25-26H,8H2,1-7H3. The number of hydrogen-bond donors (Lipinski definition) is 2. The number of carbonyl (C=O) groups excluding carboxylic acids is 1. The second kappa shape index (κ2) is 7.80. The molecule has 0 amide bonds. The van der Waals surface area contributed by atoms with Gasteiger partial charge in [0.15, 0.2) is 17.1 Å². The van der Waals surface area contributed by atoms with E-state index in [9.17, 15) is 15.2 Å². The molecule has 2 atom stereocenters. The zero-order valence-electron chi connectivity index (χ0n) is 18.1. The van der Waals surface area contributed by atoms with Crippen LogP contribution < -0.4 is 10.3 Å². The van der Waals surface area contributed by atoms with Crippen molar-refractivity contribution in [1.29, 1.82) is 0 Å². The second-order valence-electron chi connectivity index (χ2n) is 8.28. The SMILES string of the molecule is CCOC(=O)C1=C(N=Nc2c(C(C)(C)C)nn3c2[NH+]([O-])N=C3C(C)C)[NH+]([O-])N=C1C. The lowest BCUT2D eigenvalue weighted by atomic mass is 9.91. The summed E-state index contributed by atoms with van der Waals surface area (Å²) in [6, 6.07) is 0. The van der Waals surface area contributed by atoms with Gasteiger partial charge in [0.2, 0.25) is 0 Å². The Morgan fingerprint density at radius 2 is 1.87 bits per heavy atom. The van der Waals surface area contributed by atoms with E-state index in [2.05, 4.69) is 25.5 Å². The van der Waals surface area contributed by atoms with Gasteiger partial charge in [0.1, 0.15) is 11.4 Å². The van der Waals surface area contributed by atoms with Crippen molar-refractivity contribution in [3.8, 4) is 0 Å². The van der Waals surface area contributed by atoms with Crippen LogP contribution in [0.25, 0.3) is 0 Å². The zero-order valence-corrected chi connectivity index (χ0v) is 18.1. The van der Waals surface area contributed by atoms with Crippen LogP contribution in [0.5, 0.6) is 0 Å². The summed E-state index contributed by atoms with van der Waals surface area (Å²) in [5.74, 6) is -0.242. The van der Waals surface area contributed by atoms with Crippen molar-refractivity contribution >= 4 is 29.0 Å². The van der Waals surface area contributed by atoms with E-state index in [0.29, 0.717) is 11.5 Å². The predicted octanol–water partition coefficient (Wildman–Crippen LogP) is 0.657. The van der Waals surface area contributed by atoms with E-state index in [1.54, 1.807) is 6.92 Å². The minimum Gasteiger partial charge on any atom is -0.600 e. The van der Waals surface area contributed by atoms with E-state index in [1.807, 2.05) is 34.6 Å². The third-order valence-corrected chi connectivity index (χ3v) is 4.52. The van der Waals surface area contributed by atoms with Crippen molar-refractivity contribution in [1.82, 2.24) is 9.78 Å². The van der Waals surface area contributed by atoms with Crippen LogP contribution in [0.1, 0.15) is 54.2 Å². The molecule has 12 heteroatoms. The normalized spacial score (nSPS) is 21.5. The summed E-state index contributed by atoms with van der Waals surface area (Å²) >= 11 is 0. The number of hydroxylamine groups is 1. The van der Waals surface area contributed by atoms with E-state index in [-0.39, 0.29) is 41.1 Å². The summed E-state index contributed by atoms with van der Waals surface area (Å²) in [7, 11) is 0. The molecule has 2 unspecified atom stereocenters. The van der Waals surface area contributed by atoms with Gasteiger partial charge in [0.05, 0.1) is 6.61 Å². The van der Waals surface area contributed by atoms with Gasteiger partial charge in [-0.05, 0) is 13.8 Å². The fraction of sp³-hybridized carbons (Fsp3) is 0.556. The Hall–Kier alpha value is -2.80. The first-order chi connectivity index (χ1) is 14.0. The molecule has 2 N–H and O–H groups in total. The Labute approximate surface area is 173 Å². The Morgan fingerprint density at radius 3 is 2.43 bits per heavy atom. The minimum absolute atomic E-state index is 0.0294. The molecule has 0 spiro atoms. The maximum absolute atomic E-state index is 12.6. The predicted molar refractivity (Wildman–Crippen MR) is 108 cm³/mol. The van der Waals surface area contributed by atoms with E-state index >= 15 is 0 Å². The number of rotatable bonds is 5. The first kappa shape index (κ1) is 21.9. The van der Waals surface area contributed by atoms with Gasteiger partial charge in [-0.1, -0.05) is 49.9 Å². The molecule has 0 saturated carbocycles. The average molecular weight is 418 g/mol. The highest BCUT2D eigenvalue weighted by Crippen LogP contribution is 2.37. The molecular formula is C18H26N8O4. The van der Waals surface area contributed by atoms with E-state index < -0.39 is 21.7 Å². The van der Waals surface area contributed by atoms with Crippen LogP contribution in [-0.4, -0.2) is 33.9 Å². The molecule has 2 aliphatic rings. The summed E-state index contributed by atoms with van der Waals surface area (Å²) in [5.41, 5.74) is 0.477. The smallest absolute Gasteiger partial charge is 0.348 e. The van der Waals surface area contributed by atoms with Crippen molar-refractivity contribution in [2.24, 2.45) is 26.3 Å². The highest BCUT2D eigenvalue weighted by molar-refractivity contribution is 6.19. The first-order valence-corrected chi connectivity index (χ1v) is 9.67. The molecule has 0 aromatic carbocycles. The number of quaternary nitrogens is 2. The molecule has 162 valence electrons. The molecule has 0 fully saturated rings. The van der Waals surface area contributed by atoms with E-state index in [1.165, 1.54) is 11.6 Å². The monoisotopic (exact) mass is 418 g/mol. The number of fused-ring (bicyclic) bond motifs is 1. The van der Waals surface area contributed by atoms with E-state index in [4.69, 9.17) is 4.74 Å². The lowest BCUT2D eigenvalue weighted by Crippen LogP contribution is -2.99. The van der Waals surface area contributed by atoms with Crippen LogP contribution in [0.4, 0.5) is 11.5 Å². The van der Waals surface area contributed by atoms with Crippen molar-refractivity contribution < 1.29 is 19.9 Å². The molecule has 12 nitrogen and oxygen atoms in total. The van der Waals surface area contributed by atoms with Gasteiger partial charge in [-0.3, -0.25) is 0 Å². The zero-order chi connectivity index (χ0) is 22.4. The van der Waals surface area contributed by atoms with Crippen molar-refractivity contribution in [3.05, 3.63) is 27.5 Å². The quantitative estimate of drug-likeness (QED) is 0.409. The van der Waals surface area contributed by atoms with Crippen LogP contribution in [-0.2, 0) is 14.9 Å². The van der Waals surface area contributed by atoms with Crippen LogP contribution in [0, 0.1) is 16.3 Å². The van der Waals surface area contributed by atoms with Gasteiger partial charge in [0, 0.05) is 11.3 Å². The summed E-state index contributed by atoms with van der Waals surface area (Å²) in [4.78, 5) is 12.3. The highest BCUT2D eigenvalue weighted by atomic mass is 16.5. The maximum atomic E-state index is 12.6. The molecular weight excluding hydrogens is 392 g/mol. The van der Waals surface area contributed by atoms with Gasteiger partial charge in [0.25, 0.3) is 11.6 Å². The van der Waals surface area contributed by atoms with Crippen molar-refractivity contribution in [3.63, 3.8) is 0 Å². The number of azo groups is 1. The number of aromatic nitrogens is 2. The lowest BCUT2D eigenvalue weighted by molar-refractivity contribution is -0.811. The number of nitrogens with zero attached hydrogens (tertiary/aromatic N) is 6. The van der Waals surface area contributed by atoms with E-state index in [0.717, 1.165) is 0 Å². The summed E-state index contributed by atoms with van der Waals surface area (Å²) in [6.45, 7) is 12.9. The second-order valence-corrected chi connectivity index (χ2v) is 8.28. The molecule has 2 aliphatic heterocycles. The Bertz CT molecular complexity index is 997. The Kier molecular flexibility index (Phi) is 5.69. The molecule has 1 aromatic rings. The van der Waals surface area contributed by atoms with Crippen LogP contribution in [0.15, 0.2) is 31.8 Å². The van der Waals surface area contributed by atoms with Gasteiger partial charge < -0.3 is 15.2 Å². The van der Waals surface area contributed by atoms with Crippen LogP contribution >= 0.6 is 0 Å². The third kappa shape index (κ3) is 3.69. The fourth-order valence-electron chi connectivity index (χ4n) is 3.13. The van der Waals surface area contributed by atoms with Crippen molar-refractivity contribution in [2.75, 3.05) is 6.61 Å². The van der Waals surface area contributed by atoms with Crippen LogP contribution in [0.2, 0.25) is 0 Å². The first-order valence-electron chi connectivity index (χ1n) is 9.67. The van der Waals surface area contributed by atoms with Crippen molar-refractivity contribution in [2.45, 2.75) is 53.9 Å². The lowest BCUT2D eigenvalue weighted by Gasteiger charge is -2.16. The summed E-state index contributed by atoms with van der Waals surface area (Å²) < 4.78 is 6.49. The number of esters is 1. The molecule has 3 heterocycles. The van der Waals surface area contributed by atoms with Gasteiger partial charge in [-0.25, -0.2) is 4.79 Å². The third-order valence-electron chi connectivity index (χ3n) is 4.52. The summed E-state index contributed by atoms with van der Waals surface area (Å²) in [6.07, 6.45) is 0. The minimum atomic E-state index is -0.698. The highest BCUT2D eigenvalue weighted by Gasteiger charge is 2.38. The molecule has 3 rings (SSSR count). The Morgan fingerprint density at radius 1 is 1.20 bits per heavy atom. The van der Waals surface area contributed by atoms with Gasteiger partial charge in [-0.2, -0.15) is 20.1 Å². The molecule has 30 heavy (non-hydrogen) atoms. The largest absolute Gasteiger partial charge is 0.600 e. The molecule has 0 bridgehead atoms.